The Balaban J connectivity index is 1.36. The molecule has 0 saturated heterocycles. The summed E-state index contributed by atoms with van der Waals surface area (Å²) in [6.45, 7) is 0. The lowest BCUT2D eigenvalue weighted by Gasteiger charge is -2.27. The fourth-order valence-electron chi connectivity index (χ4n) is 5.30. The zero-order chi connectivity index (χ0) is 12.4. The Morgan fingerprint density at radius 3 is 2.68 bits per heavy atom. The number of nitrogens with one attached hydrogen (secondary N) is 1. The molecule has 3 fully saturated rings. The van der Waals surface area contributed by atoms with Crippen molar-refractivity contribution in [1.29, 1.82) is 0 Å². The highest BCUT2D eigenvalue weighted by molar-refractivity contribution is 7.98. The van der Waals surface area contributed by atoms with Gasteiger partial charge >= 0.3 is 0 Å². The van der Waals surface area contributed by atoms with Gasteiger partial charge in [-0.25, -0.2) is 0 Å². The van der Waals surface area contributed by atoms with Gasteiger partial charge in [-0.1, -0.05) is 24.3 Å². The first kappa shape index (κ1) is 11.2. The second-order valence-corrected chi connectivity index (χ2v) is 7.98. The average Bonchev–Trinajstić information content (AvgIpc) is 2.84. The van der Waals surface area contributed by atoms with Crippen LogP contribution in [0.1, 0.15) is 36.4 Å². The molecule has 100 valence electrons. The van der Waals surface area contributed by atoms with E-state index in [1.807, 2.05) is 0 Å². The molecule has 1 nitrogen and oxygen atoms in total. The van der Waals surface area contributed by atoms with E-state index in [4.69, 9.17) is 0 Å². The quantitative estimate of drug-likeness (QED) is 0.882. The fourth-order valence-corrected chi connectivity index (χ4v) is 6.41. The predicted octanol–water partition coefficient (Wildman–Crippen LogP) is 3.61. The van der Waals surface area contributed by atoms with Crippen LogP contribution in [-0.2, 0) is 5.75 Å². The highest BCUT2D eigenvalue weighted by Crippen LogP contribution is 2.66. The Kier molecular flexibility index (Phi) is 2.37. The summed E-state index contributed by atoms with van der Waals surface area (Å²) in [5.41, 5.74) is 3.14. The highest BCUT2D eigenvalue weighted by atomic mass is 32.2. The molecule has 0 radical (unpaired) electrons. The van der Waals surface area contributed by atoms with Crippen LogP contribution in [-0.4, -0.2) is 11.8 Å². The fraction of sp³-hybridized carbons (Fsp3) is 0.647. The van der Waals surface area contributed by atoms with Gasteiger partial charge in [0, 0.05) is 23.6 Å². The van der Waals surface area contributed by atoms with Gasteiger partial charge in [-0.15, -0.1) is 0 Å². The molecule has 1 heterocycles. The zero-order valence-electron chi connectivity index (χ0n) is 11.2. The topological polar surface area (TPSA) is 12.0 Å². The predicted molar refractivity (Wildman–Crippen MR) is 80.1 cm³/mol. The summed E-state index contributed by atoms with van der Waals surface area (Å²) in [6.07, 6.45) is 4.61. The van der Waals surface area contributed by atoms with Crippen LogP contribution in [0.15, 0.2) is 24.3 Å². The van der Waals surface area contributed by atoms with E-state index < -0.39 is 0 Å². The minimum Gasteiger partial charge on any atom is -0.306 e. The van der Waals surface area contributed by atoms with Gasteiger partial charge in [-0.05, 0) is 54.1 Å². The van der Waals surface area contributed by atoms with Crippen molar-refractivity contribution in [2.45, 2.75) is 37.1 Å². The molecule has 5 rings (SSSR count). The summed E-state index contributed by atoms with van der Waals surface area (Å²) in [4.78, 5) is 0. The maximum Gasteiger partial charge on any atom is 0.0417 e. The third-order valence-electron chi connectivity index (χ3n) is 6.10. The van der Waals surface area contributed by atoms with E-state index in [-0.39, 0.29) is 0 Å². The second kappa shape index (κ2) is 4.02. The number of benzene rings is 1. The molecule has 0 aromatic heterocycles. The Hall–Kier alpha value is -0.470. The lowest BCUT2D eigenvalue weighted by molar-refractivity contribution is 0.434. The van der Waals surface area contributed by atoms with Crippen molar-refractivity contribution >= 4 is 11.8 Å². The molecule has 1 aromatic rings. The largest absolute Gasteiger partial charge is 0.306 e. The molecule has 5 atom stereocenters. The minimum atomic E-state index is 0.616. The van der Waals surface area contributed by atoms with E-state index in [0.717, 1.165) is 29.7 Å². The number of rotatable bonds is 2. The molecule has 0 spiro atoms. The van der Waals surface area contributed by atoms with E-state index in [2.05, 4.69) is 41.3 Å². The number of hydrogen-bond acceptors (Lipinski definition) is 2. The van der Waals surface area contributed by atoms with E-state index >= 15 is 0 Å². The highest BCUT2D eigenvalue weighted by Gasteiger charge is 2.65. The molecule has 2 bridgehead atoms. The Morgan fingerprint density at radius 2 is 1.84 bits per heavy atom. The van der Waals surface area contributed by atoms with Crippen LogP contribution in [0.25, 0.3) is 0 Å². The Bertz CT molecular complexity index is 498. The molecular formula is C17H21NS. The first-order valence-electron chi connectivity index (χ1n) is 7.83. The van der Waals surface area contributed by atoms with Crippen LogP contribution in [0.3, 0.4) is 0 Å². The van der Waals surface area contributed by atoms with Crippen molar-refractivity contribution in [2.75, 3.05) is 5.75 Å². The van der Waals surface area contributed by atoms with E-state index in [1.54, 1.807) is 17.5 Å². The molecule has 4 aliphatic rings. The maximum absolute atomic E-state index is 4.03. The van der Waals surface area contributed by atoms with Crippen LogP contribution in [0.5, 0.6) is 0 Å². The minimum absolute atomic E-state index is 0.616. The van der Waals surface area contributed by atoms with E-state index in [9.17, 15) is 0 Å². The van der Waals surface area contributed by atoms with Crippen molar-refractivity contribution in [3.8, 4) is 0 Å². The molecule has 1 aliphatic heterocycles. The van der Waals surface area contributed by atoms with Gasteiger partial charge in [0.2, 0.25) is 0 Å². The third-order valence-corrected chi connectivity index (χ3v) is 7.19. The lowest BCUT2D eigenvalue weighted by Crippen LogP contribution is -2.31. The van der Waals surface area contributed by atoms with Crippen LogP contribution in [0.2, 0.25) is 0 Å². The molecule has 3 saturated carbocycles. The Morgan fingerprint density at radius 1 is 1.05 bits per heavy atom. The van der Waals surface area contributed by atoms with Gasteiger partial charge in [0.15, 0.2) is 0 Å². The van der Waals surface area contributed by atoms with Gasteiger partial charge in [0.25, 0.3) is 0 Å². The molecular weight excluding hydrogens is 250 g/mol. The van der Waals surface area contributed by atoms with E-state index in [0.29, 0.717) is 6.04 Å². The average molecular weight is 271 g/mol. The summed E-state index contributed by atoms with van der Waals surface area (Å²) in [6, 6.07) is 10.5. The first-order chi connectivity index (χ1) is 9.42. The second-order valence-electron chi connectivity index (χ2n) is 6.95. The molecule has 3 aliphatic carbocycles. The van der Waals surface area contributed by atoms with E-state index in [1.165, 1.54) is 24.3 Å². The summed E-state index contributed by atoms with van der Waals surface area (Å²) in [7, 11) is 0. The zero-order valence-corrected chi connectivity index (χ0v) is 12.0. The first-order valence-corrected chi connectivity index (χ1v) is 8.99. The third kappa shape index (κ3) is 1.59. The van der Waals surface area contributed by atoms with Crippen molar-refractivity contribution in [1.82, 2.24) is 5.32 Å². The Labute approximate surface area is 119 Å². The van der Waals surface area contributed by atoms with Crippen molar-refractivity contribution in [3.05, 3.63) is 35.4 Å². The number of hydrogen-bond donors (Lipinski definition) is 1. The van der Waals surface area contributed by atoms with Crippen molar-refractivity contribution in [2.24, 2.45) is 23.7 Å². The maximum atomic E-state index is 4.03. The monoisotopic (exact) mass is 271 g/mol. The lowest BCUT2D eigenvalue weighted by atomic mass is 10.0. The normalized spacial score (nSPS) is 45.9. The van der Waals surface area contributed by atoms with Gasteiger partial charge < -0.3 is 5.32 Å². The van der Waals surface area contributed by atoms with Crippen LogP contribution in [0, 0.1) is 23.7 Å². The van der Waals surface area contributed by atoms with Crippen LogP contribution >= 0.6 is 11.8 Å². The molecule has 5 unspecified atom stereocenters. The van der Waals surface area contributed by atoms with Gasteiger partial charge in [-0.3, -0.25) is 0 Å². The number of fused-ring (bicyclic) bond motifs is 6. The molecule has 0 amide bonds. The molecule has 19 heavy (non-hydrogen) atoms. The van der Waals surface area contributed by atoms with Gasteiger partial charge in [0.05, 0.1) is 0 Å². The molecule has 2 heteroatoms. The molecule has 1 N–H and O–H groups in total. The standard InChI is InChI=1S/C17H21NS/c1-2-4-13-12(3-1)8-19-9-14(13)18-17-15-10-5-6-11(7-10)16(15)17/h1-4,10-11,14-18H,5-9H2. The summed E-state index contributed by atoms with van der Waals surface area (Å²) < 4.78 is 0. The van der Waals surface area contributed by atoms with Crippen molar-refractivity contribution in [3.63, 3.8) is 0 Å². The molecule has 1 aromatic carbocycles. The summed E-state index contributed by atoms with van der Waals surface area (Å²) in [5, 5.41) is 4.03. The number of thioether (sulfide) groups is 1. The smallest absolute Gasteiger partial charge is 0.0417 e. The van der Waals surface area contributed by atoms with Crippen molar-refractivity contribution < 1.29 is 0 Å². The van der Waals surface area contributed by atoms with Gasteiger partial charge in [-0.2, -0.15) is 11.8 Å². The summed E-state index contributed by atoms with van der Waals surface area (Å²) >= 11 is 2.10. The van der Waals surface area contributed by atoms with Crippen LogP contribution in [0.4, 0.5) is 0 Å². The van der Waals surface area contributed by atoms with Crippen LogP contribution < -0.4 is 5.32 Å². The SMILES string of the molecule is c1ccc2c(c1)CSCC2NC1C2C3CCC(C3)C12. The van der Waals surface area contributed by atoms with Gasteiger partial charge in [0.1, 0.15) is 0 Å². The summed E-state index contributed by atoms with van der Waals surface area (Å²) in [5.74, 6) is 6.74.